The highest BCUT2D eigenvalue weighted by atomic mass is 19.1. The zero-order valence-corrected chi connectivity index (χ0v) is 18.7. The van der Waals surface area contributed by atoms with Gasteiger partial charge in [0.1, 0.15) is 5.82 Å². The smallest absolute Gasteiger partial charge is 0.311 e. The lowest BCUT2D eigenvalue weighted by Crippen LogP contribution is -2.47. The Morgan fingerprint density at radius 1 is 1.18 bits per heavy atom. The molecule has 1 saturated heterocycles. The minimum absolute atomic E-state index is 0.126. The Labute approximate surface area is 196 Å². The highest BCUT2D eigenvalue weighted by Crippen LogP contribution is 2.31. The number of hydrogen-bond acceptors (Lipinski definition) is 8. The van der Waals surface area contributed by atoms with Gasteiger partial charge in [0.05, 0.1) is 18.1 Å². The van der Waals surface area contributed by atoms with Gasteiger partial charge >= 0.3 is 5.69 Å². The average Bonchev–Trinajstić information content (AvgIpc) is 2.85. The molecule has 1 fully saturated rings. The van der Waals surface area contributed by atoms with Crippen molar-refractivity contribution in [3.63, 3.8) is 0 Å². The highest BCUT2D eigenvalue weighted by Gasteiger charge is 2.34. The number of halogens is 1. The summed E-state index contributed by atoms with van der Waals surface area (Å²) in [7, 11) is 0. The summed E-state index contributed by atoms with van der Waals surface area (Å²) < 4.78 is 14.6. The van der Waals surface area contributed by atoms with Crippen molar-refractivity contribution in [1.82, 2.24) is 9.97 Å². The Bertz CT molecular complexity index is 1120. The first-order chi connectivity index (χ1) is 16.5. The molecule has 0 aliphatic carbocycles. The number of piperidine rings is 1. The van der Waals surface area contributed by atoms with E-state index in [4.69, 9.17) is 0 Å². The number of anilines is 4. The third-order valence-corrected chi connectivity index (χ3v) is 5.79. The van der Waals surface area contributed by atoms with Gasteiger partial charge in [0, 0.05) is 48.8 Å². The van der Waals surface area contributed by atoms with Crippen molar-refractivity contribution >= 4 is 28.7 Å². The number of aliphatic hydroxyl groups excluding tert-OH is 1. The largest absolute Gasteiger partial charge is 0.393 e. The third-order valence-electron chi connectivity index (χ3n) is 5.79. The van der Waals surface area contributed by atoms with Crippen LogP contribution in [0.15, 0.2) is 60.8 Å². The molecule has 1 atom stereocenters. The van der Waals surface area contributed by atoms with Crippen molar-refractivity contribution in [1.29, 1.82) is 0 Å². The lowest BCUT2D eigenvalue weighted by atomic mass is 9.95. The third kappa shape index (κ3) is 5.76. The number of pyridine rings is 2. The van der Waals surface area contributed by atoms with E-state index >= 15 is 0 Å². The van der Waals surface area contributed by atoms with Crippen molar-refractivity contribution in [2.45, 2.75) is 24.9 Å². The van der Waals surface area contributed by atoms with Gasteiger partial charge in [-0.1, -0.05) is 6.07 Å². The second-order valence-electron chi connectivity index (χ2n) is 8.33. The number of benzene rings is 1. The number of nitrogens with one attached hydrogen (secondary N) is 2. The van der Waals surface area contributed by atoms with Crippen LogP contribution in [-0.4, -0.2) is 51.9 Å². The highest BCUT2D eigenvalue weighted by molar-refractivity contribution is 5.69. The standard InChI is InChI=1S/C24H27FN6O3/c25-24(17-32)12-3-15-30(16-24)20-7-5-19(6-8-20)28-23-21(31(33)34)9-10-22(29-23)27-14-11-18-4-1-2-13-26-18/h1-2,4-10,13,32H,3,11-12,14-17H2,(H2,27,28,29). The molecule has 34 heavy (non-hydrogen) atoms. The summed E-state index contributed by atoms with van der Waals surface area (Å²) in [6, 6.07) is 15.9. The second kappa shape index (κ2) is 10.4. The molecule has 0 bridgehead atoms. The maximum Gasteiger partial charge on any atom is 0.311 e. The molecule has 1 aliphatic rings. The van der Waals surface area contributed by atoms with Crippen LogP contribution >= 0.6 is 0 Å². The van der Waals surface area contributed by atoms with Crippen LogP contribution < -0.4 is 15.5 Å². The first-order valence-electron chi connectivity index (χ1n) is 11.2. The summed E-state index contributed by atoms with van der Waals surface area (Å²) in [6.07, 6.45) is 3.43. The fourth-order valence-electron chi connectivity index (χ4n) is 3.98. The zero-order valence-electron chi connectivity index (χ0n) is 18.7. The molecule has 9 nitrogen and oxygen atoms in total. The molecule has 1 aliphatic heterocycles. The number of aromatic nitrogens is 2. The molecule has 1 aromatic carbocycles. The minimum atomic E-state index is -1.59. The Hall–Kier alpha value is -3.79. The van der Waals surface area contributed by atoms with Crippen LogP contribution in [0.3, 0.4) is 0 Å². The Kier molecular flexibility index (Phi) is 7.17. The zero-order chi connectivity index (χ0) is 24.0. The van der Waals surface area contributed by atoms with Gasteiger partial charge in [-0.3, -0.25) is 15.1 Å². The predicted molar refractivity (Wildman–Crippen MR) is 129 cm³/mol. The van der Waals surface area contributed by atoms with Gasteiger partial charge in [-0.25, -0.2) is 9.37 Å². The lowest BCUT2D eigenvalue weighted by molar-refractivity contribution is -0.384. The molecule has 3 N–H and O–H groups in total. The minimum Gasteiger partial charge on any atom is -0.393 e. The molecule has 0 saturated carbocycles. The second-order valence-corrected chi connectivity index (χ2v) is 8.33. The maximum absolute atomic E-state index is 14.6. The molecular formula is C24H27FN6O3. The fraction of sp³-hybridized carbons (Fsp3) is 0.333. The topological polar surface area (TPSA) is 116 Å². The van der Waals surface area contributed by atoms with Crippen molar-refractivity contribution < 1.29 is 14.4 Å². The molecule has 0 amide bonds. The molecule has 1 unspecified atom stereocenters. The summed E-state index contributed by atoms with van der Waals surface area (Å²) in [4.78, 5) is 21.6. The van der Waals surface area contributed by atoms with Crippen LogP contribution in [0.4, 0.5) is 33.1 Å². The molecule has 10 heteroatoms. The predicted octanol–water partition coefficient (Wildman–Crippen LogP) is 4.08. The van der Waals surface area contributed by atoms with Gasteiger partial charge < -0.3 is 20.6 Å². The van der Waals surface area contributed by atoms with Crippen molar-refractivity contribution in [2.24, 2.45) is 0 Å². The Balaban J connectivity index is 1.44. The molecule has 3 aromatic rings. The number of nitro groups is 1. The van der Waals surface area contributed by atoms with E-state index in [2.05, 4.69) is 20.6 Å². The molecule has 178 valence electrons. The summed E-state index contributed by atoms with van der Waals surface area (Å²) in [6.45, 7) is 0.924. The number of hydrogen-bond donors (Lipinski definition) is 3. The van der Waals surface area contributed by atoms with Gasteiger partial charge in [-0.2, -0.15) is 0 Å². The molecule has 4 rings (SSSR count). The van der Waals surface area contributed by atoms with E-state index in [1.54, 1.807) is 24.4 Å². The molecule has 2 aromatic heterocycles. The Morgan fingerprint density at radius 3 is 2.71 bits per heavy atom. The first-order valence-corrected chi connectivity index (χ1v) is 11.2. The van der Waals surface area contributed by atoms with Crippen molar-refractivity contribution in [3.05, 3.63) is 76.6 Å². The van der Waals surface area contributed by atoms with E-state index in [-0.39, 0.29) is 18.1 Å². The van der Waals surface area contributed by atoms with Gasteiger partial charge in [-0.15, -0.1) is 0 Å². The van der Waals surface area contributed by atoms with E-state index in [1.807, 2.05) is 35.2 Å². The van der Waals surface area contributed by atoms with E-state index in [0.717, 1.165) is 11.4 Å². The number of aliphatic hydroxyl groups is 1. The maximum atomic E-state index is 14.6. The van der Waals surface area contributed by atoms with E-state index in [9.17, 15) is 19.6 Å². The van der Waals surface area contributed by atoms with E-state index < -0.39 is 17.2 Å². The Morgan fingerprint density at radius 2 is 2.00 bits per heavy atom. The quantitative estimate of drug-likeness (QED) is 0.319. The van der Waals surface area contributed by atoms with Crippen LogP contribution in [0.5, 0.6) is 0 Å². The van der Waals surface area contributed by atoms with Crippen LogP contribution in [0.2, 0.25) is 0 Å². The summed E-state index contributed by atoms with van der Waals surface area (Å²) >= 11 is 0. The normalized spacial score (nSPS) is 17.9. The van der Waals surface area contributed by atoms with Crippen molar-refractivity contribution in [2.75, 3.05) is 41.8 Å². The van der Waals surface area contributed by atoms with E-state index in [0.29, 0.717) is 43.9 Å². The summed E-state index contributed by atoms with van der Waals surface area (Å²) in [5.41, 5.74) is 0.654. The van der Waals surface area contributed by atoms with E-state index in [1.165, 1.54) is 6.07 Å². The summed E-state index contributed by atoms with van der Waals surface area (Å²) in [5.74, 6) is 0.638. The van der Waals surface area contributed by atoms with Crippen molar-refractivity contribution in [3.8, 4) is 0 Å². The lowest BCUT2D eigenvalue weighted by Gasteiger charge is -2.37. The van der Waals surface area contributed by atoms with Crippen LogP contribution in [-0.2, 0) is 6.42 Å². The van der Waals surface area contributed by atoms with Gasteiger partial charge in [0.25, 0.3) is 0 Å². The SMILES string of the molecule is O=[N+]([O-])c1ccc(NCCc2ccccn2)nc1Nc1ccc(N2CCCC(F)(CO)C2)cc1. The number of alkyl halides is 1. The average molecular weight is 467 g/mol. The fourth-order valence-corrected chi connectivity index (χ4v) is 3.98. The number of nitrogens with zero attached hydrogens (tertiary/aromatic N) is 4. The van der Waals surface area contributed by atoms with Gasteiger partial charge in [0.2, 0.25) is 5.82 Å². The molecule has 3 heterocycles. The van der Waals surface area contributed by atoms with Crippen LogP contribution in [0, 0.1) is 10.1 Å². The number of rotatable bonds is 9. The van der Waals surface area contributed by atoms with Gasteiger partial charge in [-0.05, 0) is 55.3 Å². The van der Waals surface area contributed by atoms with Crippen LogP contribution in [0.1, 0.15) is 18.5 Å². The van der Waals surface area contributed by atoms with Crippen LogP contribution in [0.25, 0.3) is 0 Å². The molecule has 0 radical (unpaired) electrons. The first kappa shape index (κ1) is 23.4. The van der Waals surface area contributed by atoms with Gasteiger partial charge in [0.15, 0.2) is 5.67 Å². The summed E-state index contributed by atoms with van der Waals surface area (Å²) in [5, 5.41) is 27.0. The molecular weight excluding hydrogens is 439 g/mol. The molecule has 0 spiro atoms. The monoisotopic (exact) mass is 466 g/mol.